The molecule has 8 nitrogen and oxygen atoms in total. The van der Waals surface area contributed by atoms with Gasteiger partial charge in [0.1, 0.15) is 0 Å². The maximum Gasteiger partial charge on any atom is 4.00 e. The zero-order chi connectivity index (χ0) is 27.1. The van der Waals surface area contributed by atoms with Gasteiger partial charge in [0.25, 0.3) is 0 Å². The molecule has 0 saturated carbocycles. The van der Waals surface area contributed by atoms with Gasteiger partial charge in [-0.25, -0.2) is 0 Å². The van der Waals surface area contributed by atoms with Crippen LogP contribution >= 0.6 is 0 Å². The van der Waals surface area contributed by atoms with Crippen molar-refractivity contribution < 1.29 is 65.2 Å². The first-order chi connectivity index (χ1) is 13.9. The van der Waals surface area contributed by atoms with E-state index in [1.54, 1.807) is 112 Å². The molecule has 0 radical (unpaired) electrons. The zero-order valence-electron chi connectivity index (χ0n) is 24.1. The van der Waals surface area contributed by atoms with Crippen molar-refractivity contribution >= 4 is 0 Å². The molecule has 0 aliphatic rings. The van der Waals surface area contributed by atoms with E-state index < -0.39 is 22.4 Å². The van der Waals surface area contributed by atoms with Crippen LogP contribution in [0.5, 0.6) is 0 Å². The molecule has 0 aromatic heterocycles. The Hall–Kier alpha value is 0.550. The van der Waals surface area contributed by atoms with E-state index in [4.69, 9.17) is 18.9 Å². The summed E-state index contributed by atoms with van der Waals surface area (Å²) in [6, 6.07) is 0. The van der Waals surface area contributed by atoms with E-state index in [0.29, 0.717) is 0 Å². The van der Waals surface area contributed by atoms with Crippen LogP contribution in [-0.2, 0) is 44.8 Å². The van der Waals surface area contributed by atoms with Crippen LogP contribution in [0.2, 0.25) is 0 Å². The average Bonchev–Trinajstić information content (AvgIpc) is 2.63. The molecular weight excluding hydrogens is 595 g/mol. The fourth-order valence-corrected chi connectivity index (χ4v) is 1.14. The quantitative estimate of drug-likeness (QED) is 0.352. The van der Waals surface area contributed by atoms with Gasteiger partial charge in [-0.15, -0.1) is 0 Å². The van der Waals surface area contributed by atoms with E-state index in [1.807, 2.05) is 0 Å². The first kappa shape index (κ1) is 43.6. The molecule has 200 valence electrons. The monoisotopic (exact) mass is 648 g/mol. The largest absolute Gasteiger partial charge is 4.00 e. The molecule has 4 atom stereocenters. The second-order valence-electron chi connectivity index (χ2n) is 9.93. The van der Waals surface area contributed by atoms with Crippen LogP contribution in [0.1, 0.15) is 83.1 Å². The molecule has 0 aromatic carbocycles. The Morgan fingerprint density at radius 3 is 0.485 bits per heavy atom. The Kier molecular flexibility index (Phi) is 26.0. The molecule has 0 bridgehead atoms. The van der Waals surface area contributed by atoms with Gasteiger partial charge in [0.05, 0.1) is 0 Å². The van der Waals surface area contributed by atoms with Crippen LogP contribution in [0, 0.1) is 0 Å². The smallest absolute Gasteiger partial charge is 0.848 e. The third kappa shape index (κ3) is 28.7. The van der Waals surface area contributed by atoms with Crippen LogP contribution in [0.4, 0.5) is 0 Å². The van der Waals surface area contributed by atoms with Crippen molar-refractivity contribution in [1.29, 1.82) is 0 Å². The van der Waals surface area contributed by atoms with Crippen molar-refractivity contribution in [2.24, 2.45) is 0 Å². The molecule has 4 unspecified atom stereocenters. The van der Waals surface area contributed by atoms with Crippen LogP contribution in [0.25, 0.3) is 0 Å². The van der Waals surface area contributed by atoms with Gasteiger partial charge in [-0.3, -0.25) is 0 Å². The first-order valence-electron chi connectivity index (χ1n) is 10.9. The first-order valence-corrected chi connectivity index (χ1v) is 10.9. The van der Waals surface area contributed by atoms with Gasteiger partial charge in [0, 0.05) is 52.9 Å². The van der Waals surface area contributed by atoms with Crippen molar-refractivity contribution in [2.75, 3.05) is 28.4 Å². The summed E-state index contributed by atoms with van der Waals surface area (Å²) in [7, 11) is 6.18. The summed E-state index contributed by atoms with van der Waals surface area (Å²) < 4.78 is 19.2. The molecule has 0 heterocycles. The number of rotatable bonds is 8. The van der Waals surface area contributed by atoms with E-state index in [2.05, 4.69) is 0 Å². The number of hydrogen-bond donors (Lipinski definition) is 0. The van der Waals surface area contributed by atoms with Crippen molar-refractivity contribution in [3.63, 3.8) is 0 Å². The summed E-state index contributed by atoms with van der Waals surface area (Å²) in [5.74, 6) is 0. The van der Waals surface area contributed by atoms with Crippen LogP contribution in [0.3, 0.4) is 0 Å². The van der Waals surface area contributed by atoms with Crippen LogP contribution in [-0.4, -0.2) is 75.3 Å². The summed E-state index contributed by atoms with van der Waals surface area (Å²) in [6.45, 7) is 20.0. The average molecular weight is 647 g/mol. The van der Waals surface area contributed by atoms with Crippen molar-refractivity contribution in [2.45, 2.75) is 130 Å². The maximum atomic E-state index is 10.9. The van der Waals surface area contributed by atoms with E-state index in [9.17, 15) is 20.4 Å². The summed E-state index contributed by atoms with van der Waals surface area (Å²) in [5.41, 5.74) is -3.85. The Balaban J connectivity index is -0.000000105. The SMILES string of the molecule is COC(C)C(C)(C)[O-].COC(C)C(C)(C)[O-].COC(C)C(C)(C)[O-].COC(C)C(C)(C)[O-].[Hf+4]. The molecule has 9 heteroatoms. The molecule has 0 aliphatic carbocycles. The van der Waals surface area contributed by atoms with Crippen molar-refractivity contribution in [1.82, 2.24) is 0 Å². The molecule has 0 spiro atoms. The summed E-state index contributed by atoms with van der Waals surface area (Å²) in [4.78, 5) is 0. The van der Waals surface area contributed by atoms with E-state index >= 15 is 0 Å². The Morgan fingerprint density at radius 1 is 0.394 bits per heavy atom. The van der Waals surface area contributed by atoms with Gasteiger partial charge in [-0.1, -0.05) is 77.8 Å². The molecule has 0 aliphatic heterocycles. The Morgan fingerprint density at radius 2 is 0.485 bits per heavy atom. The normalized spacial score (nSPS) is 15.6. The number of methoxy groups -OCH3 is 4. The third-order valence-electron chi connectivity index (χ3n) is 5.33. The molecule has 0 amide bonds. The van der Waals surface area contributed by atoms with E-state index in [1.165, 1.54) is 0 Å². The van der Waals surface area contributed by atoms with Gasteiger partial charge in [0.15, 0.2) is 0 Å². The Bertz CT molecular complexity index is 340. The number of ether oxygens (including phenoxy) is 4. The minimum atomic E-state index is -0.964. The minimum Gasteiger partial charge on any atom is -0.848 e. The van der Waals surface area contributed by atoms with E-state index in [0.717, 1.165) is 0 Å². The Labute approximate surface area is 223 Å². The predicted molar refractivity (Wildman–Crippen MR) is 122 cm³/mol. The second-order valence-corrected chi connectivity index (χ2v) is 9.93. The number of hydrogen-bond acceptors (Lipinski definition) is 8. The fraction of sp³-hybridized carbons (Fsp3) is 1.00. The van der Waals surface area contributed by atoms with Crippen molar-refractivity contribution in [3.05, 3.63) is 0 Å². The molecule has 0 aromatic rings. The summed E-state index contributed by atoms with van der Waals surface area (Å²) in [6.07, 6.45) is -0.824. The van der Waals surface area contributed by atoms with Gasteiger partial charge in [0.2, 0.25) is 0 Å². The molecule has 0 N–H and O–H groups in total. The maximum absolute atomic E-state index is 10.9. The molecule has 0 fully saturated rings. The van der Waals surface area contributed by atoms with Crippen molar-refractivity contribution in [3.8, 4) is 0 Å². The minimum absolute atomic E-state index is 0. The topological polar surface area (TPSA) is 129 Å². The van der Waals surface area contributed by atoms with Crippen LogP contribution < -0.4 is 20.4 Å². The van der Waals surface area contributed by atoms with Gasteiger partial charge >= 0.3 is 25.8 Å². The summed E-state index contributed by atoms with van der Waals surface area (Å²) in [5, 5.41) is 43.6. The summed E-state index contributed by atoms with van der Waals surface area (Å²) >= 11 is 0. The van der Waals surface area contributed by atoms with Gasteiger partial charge < -0.3 is 39.4 Å². The van der Waals surface area contributed by atoms with Gasteiger partial charge in [-0.2, -0.15) is 0 Å². The molecule has 33 heavy (non-hydrogen) atoms. The molecular formula is C24H52HfO8. The molecule has 0 rings (SSSR count). The van der Waals surface area contributed by atoms with Gasteiger partial charge in [-0.05, 0) is 27.7 Å². The second kappa shape index (κ2) is 19.7. The van der Waals surface area contributed by atoms with Crippen LogP contribution in [0.15, 0.2) is 0 Å². The third-order valence-corrected chi connectivity index (χ3v) is 5.33. The van der Waals surface area contributed by atoms with E-state index in [-0.39, 0.29) is 50.3 Å². The predicted octanol–water partition coefficient (Wildman–Crippen LogP) is 0.638. The fourth-order valence-electron chi connectivity index (χ4n) is 1.14. The standard InChI is InChI=1S/4C6H13O2.Hf/c4*1-5(8-4)6(2,3)7;/h4*5H,1-4H3;/q4*-1;+4. The zero-order valence-corrected chi connectivity index (χ0v) is 27.7. The molecule has 0 saturated heterocycles.